The zero-order valence-electron chi connectivity index (χ0n) is 10.4. The van der Waals surface area contributed by atoms with Crippen LogP contribution in [-0.2, 0) is 6.42 Å². The zero-order valence-corrected chi connectivity index (χ0v) is 10.4. The Bertz CT molecular complexity index is 611. The Kier molecular flexibility index (Phi) is 3.90. The Morgan fingerprint density at radius 2 is 1.89 bits per heavy atom. The molecule has 0 heterocycles. The molecule has 4 heteroatoms. The van der Waals surface area contributed by atoms with E-state index in [0.29, 0.717) is 5.69 Å². The van der Waals surface area contributed by atoms with Crippen LogP contribution in [0.3, 0.4) is 0 Å². The van der Waals surface area contributed by atoms with Crippen molar-refractivity contribution in [1.82, 2.24) is 0 Å². The second kappa shape index (κ2) is 5.61. The van der Waals surface area contributed by atoms with Crippen molar-refractivity contribution in [3.8, 4) is 0 Å². The average molecular weight is 261 g/mol. The molecule has 0 spiro atoms. The summed E-state index contributed by atoms with van der Waals surface area (Å²) in [6.45, 7) is 2.01. The molecule has 0 aliphatic heterocycles. The average Bonchev–Trinajstić information content (AvgIpc) is 2.42. The highest BCUT2D eigenvalue weighted by molar-refractivity contribution is 6.04. The molecule has 0 aromatic heterocycles. The van der Waals surface area contributed by atoms with Gasteiger partial charge in [0, 0.05) is 11.3 Å². The molecule has 0 bridgehead atoms. The number of hydrogen-bond donors (Lipinski definition) is 1. The fourth-order valence-corrected chi connectivity index (χ4v) is 1.71. The highest BCUT2D eigenvalue weighted by Crippen LogP contribution is 2.14. The lowest BCUT2D eigenvalue weighted by Crippen LogP contribution is -2.12. The summed E-state index contributed by atoms with van der Waals surface area (Å²) in [4.78, 5) is 11.9. The van der Waals surface area contributed by atoms with Gasteiger partial charge in [0.1, 0.15) is 0 Å². The van der Waals surface area contributed by atoms with Crippen molar-refractivity contribution in [3.63, 3.8) is 0 Å². The van der Waals surface area contributed by atoms with Gasteiger partial charge in [0.25, 0.3) is 5.91 Å². The number of rotatable bonds is 3. The number of carbonyl (C=O) groups excluding carboxylic acids is 1. The van der Waals surface area contributed by atoms with E-state index in [1.165, 1.54) is 6.07 Å². The van der Waals surface area contributed by atoms with Gasteiger partial charge in [-0.1, -0.05) is 19.1 Å². The maximum absolute atomic E-state index is 13.0. The smallest absolute Gasteiger partial charge is 0.255 e. The predicted molar refractivity (Wildman–Crippen MR) is 70.1 cm³/mol. The van der Waals surface area contributed by atoms with Crippen LogP contribution in [0.5, 0.6) is 0 Å². The van der Waals surface area contributed by atoms with Gasteiger partial charge < -0.3 is 5.32 Å². The largest absolute Gasteiger partial charge is 0.322 e. The third-order valence-corrected chi connectivity index (χ3v) is 2.77. The summed E-state index contributed by atoms with van der Waals surface area (Å²) in [6.07, 6.45) is 0.856. The zero-order chi connectivity index (χ0) is 13.8. The van der Waals surface area contributed by atoms with E-state index in [1.54, 1.807) is 6.07 Å². The van der Waals surface area contributed by atoms with Gasteiger partial charge >= 0.3 is 0 Å². The number of halogens is 2. The van der Waals surface area contributed by atoms with Crippen LogP contribution in [0.15, 0.2) is 42.5 Å². The van der Waals surface area contributed by atoms with Crippen LogP contribution in [0.1, 0.15) is 22.8 Å². The van der Waals surface area contributed by atoms with E-state index < -0.39 is 17.5 Å². The molecule has 0 fully saturated rings. The fraction of sp³-hybridized carbons (Fsp3) is 0.133. The third-order valence-electron chi connectivity index (χ3n) is 2.77. The Morgan fingerprint density at radius 1 is 1.11 bits per heavy atom. The van der Waals surface area contributed by atoms with Crippen molar-refractivity contribution in [3.05, 3.63) is 65.2 Å². The first kappa shape index (κ1) is 13.2. The minimum absolute atomic E-state index is 0.0841. The quantitative estimate of drug-likeness (QED) is 0.895. The van der Waals surface area contributed by atoms with E-state index in [2.05, 4.69) is 5.32 Å². The van der Waals surface area contributed by atoms with Crippen LogP contribution < -0.4 is 5.32 Å². The molecule has 2 aromatic carbocycles. The second-order valence-corrected chi connectivity index (χ2v) is 4.14. The maximum Gasteiger partial charge on any atom is 0.255 e. The molecule has 0 aliphatic rings. The van der Waals surface area contributed by atoms with Crippen molar-refractivity contribution >= 4 is 11.6 Å². The molecule has 0 atom stereocenters. The van der Waals surface area contributed by atoms with Crippen LogP contribution in [0.2, 0.25) is 0 Å². The summed E-state index contributed by atoms with van der Waals surface area (Å²) in [5.41, 5.74) is 1.80. The maximum atomic E-state index is 13.0. The van der Waals surface area contributed by atoms with Gasteiger partial charge in [0.2, 0.25) is 0 Å². The molecule has 19 heavy (non-hydrogen) atoms. The monoisotopic (exact) mass is 261 g/mol. The van der Waals surface area contributed by atoms with Crippen molar-refractivity contribution in [2.45, 2.75) is 13.3 Å². The van der Waals surface area contributed by atoms with Gasteiger partial charge in [-0.2, -0.15) is 0 Å². The van der Waals surface area contributed by atoms with Crippen LogP contribution in [-0.4, -0.2) is 5.91 Å². The normalized spacial score (nSPS) is 10.3. The van der Waals surface area contributed by atoms with Gasteiger partial charge in [0.05, 0.1) is 0 Å². The van der Waals surface area contributed by atoms with Crippen LogP contribution in [0.25, 0.3) is 0 Å². The number of aryl methyl sites for hydroxylation is 1. The lowest BCUT2D eigenvalue weighted by Gasteiger charge is -2.07. The highest BCUT2D eigenvalue weighted by atomic mass is 19.2. The summed E-state index contributed by atoms with van der Waals surface area (Å²) in [7, 11) is 0. The van der Waals surface area contributed by atoms with E-state index in [-0.39, 0.29) is 5.56 Å². The molecule has 98 valence electrons. The van der Waals surface area contributed by atoms with Crippen LogP contribution >= 0.6 is 0 Å². The van der Waals surface area contributed by atoms with Crippen molar-refractivity contribution < 1.29 is 13.6 Å². The van der Waals surface area contributed by atoms with Gasteiger partial charge in [-0.25, -0.2) is 8.78 Å². The van der Waals surface area contributed by atoms with E-state index in [9.17, 15) is 13.6 Å². The molecule has 1 N–H and O–H groups in total. The SMILES string of the molecule is CCc1cccc(NC(=O)c2ccc(F)c(F)c2)c1. The summed E-state index contributed by atoms with van der Waals surface area (Å²) in [5.74, 6) is -2.47. The first-order chi connectivity index (χ1) is 9.10. The Labute approximate surface area is 110 Å². The van der Waals surface area contributed by atoms with E-state index in [4.69, 9.17) is 0 Å². The van der Waals surface area contributed by atoms with Crippen LogP contribution in [0.4, 0.5) is 14.5 Å². The minimum atomic E-state index is -1.03. The molecular weight excluding hydrogens is 248 g/mol. The number of carbonyl (C=O) groups is 1. The lowest BCUT2D eigenvalue weighted by molar-refractivity contribution is 0.102. The van der Waals surface area contributed by atoms with Crippen LogP contribution in [0, 0.1) is 11.6 Å². The molecule has 0 aliphatic carbocycles. The molecule has 0 unspecified atom stereocenters. The van der Waals surface area contributed by atoms with Crippen molar-refractivity contribution in [2.75, 3.05) is 5.32 Å². The number of nitrogens with one attached hydrogen (secondary N) is 1. The van der Waals surface area contributed by atoms with E-state index in [1.807, 2.05) is 25.1 Å². The fourth-order valence-electron chi connectivity index (χ4n) is 1.71. The first-order valence-corrected chi connectivity index (χ1v) is 5.95. The molecule has 0 radical (unpaired) electrons. The highest BCUT2D eigenvalue weighted by Gasteiger charge is 2.10. The number of amides is 1. The molecule has 2 rings (SSSR count). The number of benzene rings is 2. The Balaban J connectivity index is 2.18. The molecule has 0 saturated heterocycles. The van der Waals surface area contributed by atoms with Gasteiger partial charge in [-0.15, -0.1) is 0 Å². The molecule has 2 nitrogen and oxygen atoms in total. The van der Waals surface area contributed by atoms with Crippen molar-refractivity contribution in [2.24, 2.45) is 0 Å². The van der Waals surface area contributed by atoms with Gasteiger partial charge in [-0.05, 0) is 42.3 Å². The Hall–Kier alpha value is -2.23. The summed E-state index contributed by atoms with van der Waals surface area (Å²) >= 11 is 0. The summed E-state index contributed by atoms with van der Waals surface area (Å²) in [5, 5.41) is 2.65. The topological polar surface area (TPSA) is 29.1 Å². The van der Waals surface area contributed by atoms with E-state index in [0.717, 1.165) is 24.1 Å². The standard InChI is InChI=1S/C15H13F2NO/c1-2-10-4-3-5-12(8-10)18-15(19)11-6-7-13(16)14(17)9-11/h3-9H,2H2,1H3,(H,18,19). The molecular formula is C15H13F2NO. The van der Waals surface area contributed by atoms with Crippen molar-refractivity contribution in [1.29, 1.82) is 0 Å². The minimum Gasteiger partial charge on any atom is -0.322 e. The summed E-state index contributed by atoms with van der Waals surface area (Å²) < 4.78 is 25.8. The van der Waals surface area contributed by atoms with Gasteiger partial charge in [-0.3, -0.25) is 4.79 Å². The molecule has 0 saturated carbocycles. The first-order valence-electron chi connectivity index (χ1n) is 5.95. The molecule has 2 aromatic rings. The van der Waals surface area contributed by atoms with E-state index >= 15 is 0 Å². The third kappa shape index (κ3) is 3.16. The van der Waals surface area contributed by atoms with Gasteiger partial charge in [0.15, 0.2) is 11.6 Å². The Morgan fingerprint density at radius 3 is 2.58 bits per heavy atom. The number of hydrogen-bond acceptors (Lipinski definition) is 1. The lowest BCUT2D eigenvalue weighted by atomic mass is 10.1. The predicted octanol–water partition coefficient (Wildman–Crippen LogP) is 3.78. The summed E-state index contributed by atoms with van der Waals surface area (Å²) in [6, 6.07) is 10.4. The molecule has 1 amide bonds. The second-order valence-electron chi connectivity index (χ2n) is 4.14. The number of anilines is 1.